The summed E-state index contributed by atoms with van der Waals surface area (Å²) in [6, 6.07) is 14.0. The monoisotopic (exact) mass is 283 g/mol. The van der Waals surface area contributed by atoms with Crippen LogP contribution in [0, 0.1) is 17.1 Å². The van der Waals surface area contributed by atoms with Crippen LogP contribution < -0.4 is 0 Å². The SMILES string of the molecule is N#Cc1ccc(C(=O)O)c(CCCc2ccccc2)c1F. The summed E-state index contributed by atoms with van der Waals surface area (Å²) in [5.41, 5.74) is 1.04. The van der Waals surface area contributed by atoms with Gasteiger partial charge in [-0.05, 0) is 37.0 Å². The number of aryl methyl sites for hydroxylation is 1. The Morgan fingerprint density at radius 3 is 2.48 bits per heavy atom. The fourth-order valence-electron chi connectivity index (χ4n) is 2.27. The molecule has 0 heterocycles. The van der Waals surface area contributed by atoms with E-state index in [4.69, 9.17) is 10.4 Å². The molecule has 2 aromatic carbocycles. The summed E-state index contributed by atoms with van der Waals surface area (Å²) in [6.45, 7) is 0. The molecule has 0 aliphatic rings. The number of halogens is 1. The Hall–Kier alpha value is -2.67. The van der Waals surface area contributed by atoms with Gasteiger partial charge in [0.25, 0.3) is 0 Å². The van der Waals surface area contributed by atoms with Crippen molar-refractivity contribution in [3.8, 4) is 6.07 Å². The molecule has 2 aromatic rings. The zero-order valence-electron chi connectivity index (χ0n) is 11.3. The molecule has 0 radical (unpaired) electrons. The minimum Gasteiger partial charge on any atom is -0.478 e. The molecule has 2 rings (SSSR count). The number of carbonyl (C=O) groups is 1. The molecule has 0 fully saturated rings. The Balaban J connectivity index is 2.18. The molecular weight excluding hydrogens is 269 g/mol. The van der Waals surface area contributed by atoms with Crippen molar-refractivity contribution < 1.29 is 14.3 Å². The predicted octanol–water partition coefficient (Wildman–Crippen LogP) is 3.57. The lowest BCUT2D eigenvalue weighted by Crippen LogP contribution is -2.07. The van der Waals surface area contributed by atoms with Crippen molar-refractivity contribution in [2.24, 2.45) is 0 Å². The Bertz CT molecular complexity index is 690. The fraction of sp³-hybridized carbons (Fsp3) is 0.176. The molecule has 0 unspecified atom stereocenters. The third-order valence-electron chi connectivity index (χ3n) is 3.33. The highest BCUT2D eigenvalue weighted by atomic mass is 19.1. The van der Waals surface area contributed by atoms with Crippen LogP contribution in [0.1, 0.15) is 33.5 Å². The number of carboxylic acid groups (broad SMARTS) is 1. The quantitative estimate of drug-likeness (QED) is 0.912. The van der Waals surface area contributed by atoms with Gasteiger partial charge >= 0.3 is 5.97 Å². The number of hydrogen-bond donors (Lipinski definition) is 1. The third kappa shape index (κ3) is 3.46. The topological polar surface area (TPSA) is 61.1 Å². The van der Waals surface area contributed by atoms with Gasteiger partial charge in [0.05, 0.1) is 11.1 Å². The smallest absolute Gasteiger partial charge is 0.336 e. The summed E-state index contributed by atoms with van der Waals surface area (Å²) in [7, 11) is 0. The molecule has 1 N–H and O–H groups in total. The minimum atomic E-state index is -1.17. The van der Waals surface area contributed by atoms with Crippen molar-refractivity contribution in [2.75, 3.05) is 0 Å². The van der Waals surface area contributed by atoms with E-state index in [2.05, 4.69) is 0 Å². The molecule has 21 heavy (non-hydrogen) atoms. The zero-order chi connectivity index (χ0) is 15.2. The van der Waals surface area contributed by atoms with Crippen molar-refractivity contribution in [3.63, 3.8) is 0 Å². The van der Waals surface area contributed by atoms with Gasteiger partial charge in [-0.3, -0.25) is 0 Å². The molecule has 0 aromatic heterocycles. The number of hydrogen-bond acceptors (Lipinski definition) is 2. The van der Waals surface area contributed by atoms with Crippen LogP contribution in [0.25, 0.3) is 0 Å². The average molecular weight is 283 g/mol. The Kier molecular flexibility index (Phi) is 4.68. The molecule has 0 saturated heterocycles. The first-order valence-electron chi connectivity index (χ1n) is 6.62. The van der Waals surface area contributed by atoms with Crippen molar-refractivity contribution in [3.05, 3.63) is 70.5 Å². The summed E-state index contributed by atoms with van der Waals surface area (Å²) in [6.07, 6.45) is 1.64. The Labute approximate surface area is 122 Å². The molecule has 0 aliphatic carbocycles. The van der Waals surface area contributed by atoms with Gasteiger partial charge in [-0.1, -0.05) is 30.3 Å². The van der Waals surface area contributed by atoms with E-state index >= 15 is 0 Å². The van der Waals surface area contributed by atoms with Crippen LogP contribution in [0.15, 0.2) is 42.5 Å². The first kappa shape index (κ1) is 14.7. The van der Waals surface area contributed by atoms with Crippen LogP contribution in [0.4, 0.5) is 4.39 Å². The largest absolute Gasteiger partial charge is 0.478 e. The summed E-state index contributed by atoms with van der Waals surface area (Å²) in [4.78, 5) is 11.2. The second kappa shape index (κ2) is 6.67. The maximum absolute atomic E-state index is 14.1. The van der Waals surface area contributed by atoms with Gasteiger partial charge in [-0.25, -0.2) is 9.18 Å². The van der Waals surface area contributed by atoms with Gasteiger partial charge in [0.1, 0.15) is 11.9 Å². The first-order chi connectivity index (χ1) is 10.1. The number of nitriles is 1. The summed E-state index contributed by atoms with van der Waals surface area (Å²) >= 11 is 0. The van der Waals surface area contributed by atoms with Crippen molar-refractivity contribution in [1.82, 2.24) is 0 Å². The lowest BCUT2D eigenvalue weighted by molar-refractivity contribution is 0.0695. The molecule has 0 atom stereocenters. The van der Waals surface area contributed by atoms with E-state index in [1.165, 1.54) is 12.1 Å². The molecule has 106 valence electrons. The van der Waals surface area contributed by atoms with Crippen LogP contribution in [0.3, 0.4) is 0 Å². The van der Waals surface area contributed by atoms with Crippen molar-refractivity contribution in [2.45, 2.75) is 19.3 Å². The maximum atomic E-state index is 14.1. The maximum Gasteiger partial charge on any atom is 0.336 e. The number of rotatable bonds is 5. The van der Waals surface area contributed by atoms with Gasteiger partial charge in [0, 0.05) is 5.56 Å². The van der Waals surface area contributed by atoms with Crippen LogP contribution in [-0.4, -0.2) is 11.1 Å². The molecule has 0 aliphatic heterocycles. The van der Waals surface area contributed by atoms with Crippen molar-refractivity contribution in [1.29, 1.82) is 5.26 Å². The highest BCUT2D eigenvalue weighted by molar-refractivity contribution is 5.89. The third-order valence-corrected chi connectivity index (χ3v) is 3.33. The number of nitrogens with zero attached hydrogens (tertiary/aromatic N) is 1. The van der Waals surface area contributed by atoms with Crippen molar-refractivity contribution >= 4 is 5.97 Å². The highest BCUT2D eigenvalue weighted by Crippen LogP contribution is 2.20. The molecular formula is C17H14FNO2. The number of aromatic carboxylic acids is 1. The molecule has 0 amide bonds. The van der Waals surface area contributed by atoms with E-state index in [1.54, 1.807) is 6.07 Å². The van der Waals surface area contributed by atoms with Crippen LogP contribution in [0.5, 0.6) is 0 Å². The van der Waals surface area contributed by atoms with Crippen LogP contribution >= 0.6 is 0 Å². The van der Waals surface area contributed by atoms with E-state index in [-0.39, 0.29) is 23.1 Å². The highest BCUT2D eigenvalue weighted by Gasteiger charge is 2.17. The van der Waals surface area contributed by atoms with Crippen LogP contribution in [0.2, 0.25) is 0 Å². The number of carboxylic acids is 1. The summed E-state index contributed by atoms with van der Waals surface area (Å²) < 4.78 is 14.1. The zero-order valence-corrected chi connectivity index (χ0v) is 11.3. The second-order valence-electron chi connectivity index (χ2n) is 4.71. The first-order valence-corrected chi connectivity index (χ1v) is 6.62. The lowest BCUT2D eigenvalue weighted by atomic mass is 9.97. The molecule has 0 spiro atoms. The summed E-state index contributed by atoms with van der Waals surface area (Å²) in [5.74, 6) is -1.89. The van der Waals surface area contributed by atoms with E-state index < -0.39 is 11.8 Å². The van der Waals surface area contributed by atoms with Gasteiger partial charge < -0.3 is 5.11 Å². The second-order valence-corrected chi connectivity index (χ2v) is 4.71. The van der Waals surface area contributed by atoms with E-state index in [9.17, 15) is 9.18 Å². The van der Waals surface area contributed by atoms with E-state index in [1.807, 2.05) is 30.3 Å². The minimum absolute atomic E-state index is 0.0699. The molecule has 4 heteroatoms. The van der Waals surface area contributed by atoms with Gasteiger partial charge in [-0.2, -0.15) is 5.26 Å². The van der Waals surface area contributed by atoms with Crippen LogP contribution in [-0.2, 0) is 12.8 Å². The fourth-order valence-corrected chi connectivity index (χ4v) is 2.27. The summed E-state index contributed by atoms with van der Waals surface area (Å²) in [5, 5.41) is 18.0. The molecule has 3 nitrogen and oxygen atoms in total. The van der Waals surface area contributed by atoms with E-state index in [0.29, 0.717) is 6.42 Å². The Morgan fingerprint density at radius 2 is 1.86 bits per heavy atom. The Morgan fingerprint density at radius 1 is 1.14 bits per heavy atom. The number of benzene rings is 2. The molecule has 0 saturated carbocycles. The lowest BCUT2D eigenvalue weighted by Gasteiger charge is -2.09. The molecule has 0 bridgehead atoms. The van der Waals surface area contributed by atoms with Gasteiger partial charge in [0.15, 0.2) is 0 Å². The standard InChI is InChI=1S/C17H14FNO2/c18-16-13(11-19)9-10-15(17(20)21)14(16)8-4-7-12-5-2-1-3-6-12/h1-3,5-6,9-10H,4,7-8H2,(H,20,21). The van der Waals surface area contributed by atoms with Gasteiger partial charge in [-0.15, -0.1) is 0 Å². The van der Waals surface area contributed by atoms with Gasteiger partial charge in [0.2, 0.25) is 0 Å². The predicted molar refractivity (Wildman–Crippen MR) is 76.5 cm³/mol. The average Bonchev–Trinajstić information content (AvgIpc) is 2.49. The normalized spacial score (nSPS) is 10.1. The van der Waals surface area contributed by atoms with E-state index in [0.717, 1.165) is 12.0 Å².